The van der Waals surface area contributed by atoms with Crippen molar-refractivity contribution in [2.24, 2.45) is 0 Å². The van der Waals surface area contributed by atoms with E-state index in [0.29, 0.717) is 0 Å². The van der Waals surface area contributed by atoms with E-state index in [1.165, 1.54) is 173 Å². The summed E-state index contributed by atoms with van der Waals surface area (Å²) >= 11 is 0. The minimum Gasteiger partial charge on any atom is -0.540 e. The lowest BCUT2D eigenvalue weighted by molar-refractivity contribution is 0.563. The van der Waals surface area contributed by atoms with Gasteiger partial charge >= 0.3 is 0 Å². The van der Waals surface area contributed by atoms with Crippen LogP contribution in [0.25, 0.3) is 155 Å². The van der Waals surface area contributed by atoms with Crippen molar-refractivity contribution in [3.8, 4) is 45.3 Å². The Morgan fingerprint density at radius 2 is 0.433 bits per heavy atom. The number of fused-ring (bicyclic) bond motifs is 15. The molecule has 0 spiro atoms. The molecule has 642 valence electrons. The number of aryl methyl sites for hydroxylation is 2. The van der Waals surface area contributed by atoms with Gasteiger partial charge in [0.05, 0.1) is 55.2 Å². The summed E-state index contributed by atoms with van der Waals surface area (Å²) in [6, 6.07) is 171. The SMILES string of the molecule is C=CC[Si](c1ccc(-n2c3ccccc3c3ccccc32)cc1)(c1ccc(-n2c3ccccc3c3ccccc32)cc1)c1ccc(-n2c3ccccc3c3ccccc32)cc1.C=C[Si](C)(C)Oc1ccc(-n2c3ccccc3c3ccccc32)cc1.C=Cc1ccc(-c2ccc([Si](c3ccc(C)cc3)(c3ccc(C)cc3)c3ccc(-n4c5ccccc5c5ccccc54)cc3)cc2)cc1. The largest absolute Gasteiger partial charge is 0.540 e. The number of nitrogens with zero attached hydrogens (tertiary/aromatic N) is 5. The summed E-state index contributed by atoms with van der Waals surface area (Å²) < 4.78 is 18.1. The van der Waals surface area contributed by atoms with Crippen molar-refractivity contribution in [3.63, 3.8) is 0 Å². The molecule has 0 amide bonds. The lowest BCUT2D eigenvalue weighted by Crippen LogP contribution is -2.74. The summed E-state index contributed by atoms with van der Waals surface area (Å²) in [5.41, 5.74) is 26.0. The predicted octanol–water partition coefficient (Wildman–Crippen LogP) is 27.8. The standard InChI is InChI=1S/C57H41N3Si.C46H37NSi.C22H21NOSi/c1-2-39-61(43-33-27-40(28-34-43)58-52-21-9-3-15-46(52)47-16-4-10-22-53(47)58,44-35-29-41(30-36-44)59-54-23-11-5-17-48(54)49-18-6-12-24-55(49)59)45-37-31-42(32-38-45)60-56-25-13-7-19-50(56)51-20-8-14-26-57(51)60;1-4-35-17-19-36(20-18-35)37-21-29-41(30-22-37)48(39-25-13-33(2)14-26-39,40-27-15-34(3)16-28-40)42-31-23-38(24-32-42)47-45-11-7-5-9-43(45)44-10-6-8-12-46(44)47;1-4-25(2,3)24-18-15-13-17(14-16-18)23-21-11-7-5-9-19(21)20-10-6-8-12-22(20)23/h2-38H,1,39H2;4-32H,1H2,2-3H3;4-16H,1H2,2-3H3. The Morgan fingerprint density at radius 1 is 0.231 bits per heavy atom. The summed E-state index contributed by atoms with van der Waals surface area (Å²) in [6.45, 7) is 20.9. The third-order valence-electron chi connectivity index (χ3n) is 27.5. The molecule has 0 aliphatic rings. The molecule has 0 N–H and O–H groups in total. The van der Waals surface area contributed by atoms with Crippen LogP contribution in [-0.4, -0.2) is 47.3 Å². The van der Waals surface area contributed by atoms with Crippen LogP contribution >= 0.6 is 0 Å². The quantitative estimate of drug-likeness (QED) is 0.0451. The maximum Gasteiger partial charge on any atom is 0.269 e. The number of benzene rings is 19. The monoisotopic (exact) mass is 1770 g/mol. The van der Waals surface area contributed by atoms with Gasteiger partial charge in [0.2, 0.25) is 0 Å². The van der Waals surface area contributed by atoms with E-state index in [4.69, 9.17) is 4.43 Å². The molecule has 0 bridgehead atoms. The fraction of sp³-hybridized carbons (Fsp3) is 0.0400. The molecule has 5 aromatic heterocycles. The molecule has 6 nitrogen and oxygen atoms in total. The molecule has 134 heavy (non-hydrogen) atoms. The van der Waals surface area contributed by atoms with Gasteiger partial charge in [0.15, 0.2) is 16.1 Å². The van der Waals surface area contributed by atoms with E-state index >= 15 is 0 Å². The van der Waals surface area contributed by atoms with E-state index in [2.05, 4.69) is 537 Å². The highest BCUT2D eigenvalue weighted by molar-refractivity contribution is 7.20. The molecule has 5 heterocycles. The van der Waals surface area contributed by atoms with E-state index in [-0.39, 0.29) is 0 Å². The Labute approximate surface area is 784 Å². The van der Waals surface area contributed by atoms with Gasteiger partial charge in [0, 0.05) is 82.3 Å². The van der Waals surface area contributed by atoms with Crippen molar-refractivity contribution in [2.45, 2.75) is 33.0 Å². The third-order valence-corrected chi connectivity index (χ3v) is 38.9. The van der Waals surface area contributed by atoms with E-state index < -0.39 is 24.5 Å². The van der Waals surface area contributed by atoms with E-state index in [1.807, 2.05) is 11.8 Å². The van der Waals surface area contributed by atoms with Gasteiger partial charge in [0.25, 0.3) is 8.32 Å². The van der Waals surface area contributed by atoms with Crippen LogP contribution in [-0.2, 0) is 0 Å². The molecule has 24 rings (SSSR count). The Balaban J connectivity index is 0.000000127. The molecular formula is C125H99N5OSi3. The van der Waals surface area contributed by atoms with Crippen LogP contribution in [0.1, 0.15) is 16.7 Å². The Bertz CT molecular complexity index is 7860. The van der Waals surface area contributed by atoms with Gasteiger partial charge in [-0.2, -0.15) is 0 Å². The van der Waals surface area contributed by atoms with Crippen molar-refractivity contribution >= 4 is 176 Å². The summed E-state index contributed by atoms with van der Waals surface area (Å²) in [5, 5.41) is 22.3. The first-order chi connectivity index (χ1) is 65.9. The van der Waals surface area contributed by atoms with Crippen LogP contribution in [0.2, 0.25) is 19.1 Å². The molecule has 0 saturated carbocycles. The van der Waals surface area contributed by atoms with Crippen molar-refractivity contribution in [1.82, 2.24) is 22.8 Å². The van der Waals surface area contributed by atoms with Crippen LogP contribution in [0.5, 0.6) is 5.75 Å². The zero-order valence-corrected chi connectivity index (χ0v) is 78.6. The molecule has 0 atom stereocenters. The van der Waals surface area contributed by atoms with Crippen LogP contribution in [0.3, 0.4) is 0 Å². The first-order valence-electron chi connectivity index (χ1n) is 46.2. The molecule has 0 saturated heterocycles. The van der Waals surface area contributed by atoms with E-state index in [9.17, 15) is 0 Å². The van der Waals surface area contributed by atoms with Crippen LogP contribution in [0.4, 0.5) is 0 Å². The van der Waals surface area contributed by atoms with Gasteiger partial charge in [-0.3, -0.25) is 0 Å². The van der Waals surface area contributed by atoms with Gasteiger partial charge in [-0.25, -0.2) is 0 Å². The van der Waals surface area contributed by atoms with Crippen LogP contribution in [0.15, 0.2) is 493 Å². The fourth-order valence-corrected chi connectivity index (χ4v) is 30.8. The van der Waals surface area contributed by atoms with Crippen molar-refractivity contribution in [1.29, 1.82) is 0 Å². The van der Waals surface area contributed by atoms with Crippen molar-refractivity contribution in [3.05, 3.63) is 509 Å². The predicted molar refractivity (Wildman–Crippen MR) is 580 cm³/mol. The Morgan fingerprint density at radius 3 is 0.657 bits per heavy atom. The fourth-order valence-electron chi connectivity index (χ4n) is 21.0. The average molecular weight is 1770 g/mol. The Kier molecular flexibility index (Phi) is 21.8. The van der Waals surface area contributed by atoms with E-state index in [1.54, 1.807) is 0 Å². The maximum atomic E-state index is 6.11. The zero-order chi connectivity index (χ0) is 90.6. The number of allylic oxidation sites excluding steroid dienone is 1. The first kappa shape index (κ1) is 83.5. The number of hydrogen-bond donors (Lipinski definition) is 0. The van der Waals surface area contributed by atoms with Crippen LogP contribution in [0, 0.1) is 13.8 Å². The highest BCUT2D eigenvalue weighted by Gasteiger charge is 2.43. The summed E-state index contributed by atoms with van der Waals surface area (Å²) in [5.74, 6) is 0.904. The lowest BCUT2D eigenvalue weighted by atomic mass is 10.0. The second-order valence-corrected chi connectivity index (χ2v) is 47.3. The topological polar surface area (TPSA) is 33.9 Å². The summed E-state index contributed by atoms with van der Waals surface area (Å²) in [4.78, 5) is 0. The molecule has 0 aliphatic carbocycles. The molecule has 0 unspecified atom stereocenters. The summed E-state index contributed by atoms with van der Waals surface area (Å²) in [6.07, 6.45) is 4.04. The highest BCUT2D eigenvalue weighted by Crippen LogP contribution is 2.39. The second kappa shape index (κ2) is 34.9. The van der Waals surface area contributed by atoms with Gasteiger partial charge < -0.3 is 27.3 Å². The van der Waals surface area contributed by atoms with Crippen LogP contribution < -0.4 is 40.7 Å². The van der Waals surface area contributed by atoms with Gasteiger partial charge in [-0.1, -0.05) is 363 Å². The smallest absolute Gasteiger partial charge is 0.269 e. The minimum absolute atomic E-state index is 0.852. The van der Waals surface area contributed by atoms with Crippen molar-refractivity contribution in [2.75, 3.05) is 0 Å². The molecule has 0 fully saturated rings. The zero-order valence-electron chi connectivity index (χ0n) is 75.6. The molecular weight excluding hydrogens is 1670 g/mol. The van der Waals surface area contributed by atoms with Crippen molar-refractivity contribution < 1.29 is 4.43 Å². The third kappa shape index (κ3) is 14.6. The Hall–Kier alpha value is -16.1. The molecule has 19 aromatic carbocycles. The number of hydrogen-bond acceptors (Lipinski definition) is 1. The summed E-state index contributed by atoms with van der Waals surface area (Å²) in [7, 11) is -7.27. The first-order valence-corrected chi connectivity index (χ1v) is 53.4. The van der Waals surface area contributed by atoms with E-state index in [0.717, 1.165) is 40.1 Å². The minimum atomic E-state index is -2.72. The molecule has 9 heteroatoms. The normalized spacial score (nSPS) is 11.9. The second-order valence-electron chi connectivity index (χ2n) is 35.7. The number of para-hydroxylation sites is 10. The molecule has 0 radical (unpaired) electrons. The van der Waals surface area contributed by atoms with Gasteiger partial charge in [0.1, 0.15) is 5.75 Å². The maximum absolute atomic E-state index is 6.11. The average Bonchev–Trinajstić information content (AvgIpc) is 1.56. The van der Waals surface area contributed by atoms with Gasteiger partial charge in [-0.15, -0.1) is 13.2 Å². The van der Waals surface area contributed by atoms with Gasteiger partial charge in [-0.05, 0) is 219 Å². The highest BCUT2D eigenvalue weighted by atomic mass is 28.4. The number of aromatic nitrogens is 5. The molecule has 0 aliphatic heterocycles. The lowest BCUT2D eigenvalue weighted by Gasteiger charge is -2.35. The molecule has 24 aromatic rings. The number of rotatable bonds is 19.